The van der Waals surface area contributed by atoms with Crippen LogP contribution in [0.5, 0.6) is 0 Å². The summed E-state index contributed by atoms with van der Waals surface area (Å²) < 4.78 is 4.90. The van der Waals surface area contributed by atoms with E-state index in [4.69, 9.17) is 10.3 Å². The van der Waals surface area contributed by atoms with E-state index >= 15 is 0 Å². The predicted molar refractivity (Wildman–Crippen MR) is 72.6 cm³/mol. The minimum atomic E-state index is -0.586. The number of hydrogen-bond donors (Lipinski definition) is 2. The molecule has 0 spiro atoms. The summed E-state index contributed by atoms with van der Waals surface area (Å²) in [6.45, 7) is 1.94. The SMILES string of the molecule is Cc1noc(CCNC(=O)c2cc([N+](=O)[O-])ccc2N)n1. The second kappa shape index (κ2) is 5.99. The molecule has 1 aromatic heterocycles. The largest absolute Gasteiger partial charge is 0.398 e. The van der Waals surface area contributed by atoms with Gasteiger partial charge in [0.2, 0.25) is 5.89 Å². The number of non-ortho nitro benzene ring substituents is 1. The van der Waals surface area contributed by atoms with Crippen LogP contribution >= 0.6 is 0 Å². The number of nitrogens with zero attached hydrogens (tertiary/aromatic N) is 3. The van der Waals surface area contributed by atoms with Gasteiger partial charge in [-0.1, -0.05) is 5.16 Å². The Bertz CT molecular complexity index is 682. The lowest BCUT2D eigenvalue weighted by Crippen LogP contribution is -2.26. The van der Waals surface area contributed by atoms with E-state index in [1.807, 2.05) is 0 Å². The molecule has 1 heterocycles. The van der Waals surface area contributed by atoms with E-state index in [0.29, 0.717) is 18.1 Å². The van der Waals surface area contributed by atoms with Gasteiger partial charge in [-0.25, -0.2) is 0 Å². The van der Waals surface area contributed by atoms with Gasteiger partial charge in [-0.15, -0.1) is 0 Å². The summed E-state index contributed by atoms with van der Waals surface area (Å²) in [6, 6.07) is 3.71. The number of nitro groups is 1. The highest BCUT2D eigenvalue weighted by atomic mass is 16.6. The summed E-state index contributed by atoms with van der Waals surface area (Å²) in [6.07, 6.45) is 0.363. The van der Waals surface area contributed by atoms with Crippen molar-refractivity contribution in [1.82, 2.24) is 15.5 Å². The summed E-state index contributed by atoms with van der Waals surface area (Å²) in [5.41, 5.74) is 5.69. The van der Waals surface area contributed by atoms with Gasteiger partial charge in [-0.2, -0.15) is 4.98 Å². The maximum Gasteiger partial charge on any atom is 0.270 e. The zero-order valence-electron chi connectivity index (χ0n) is 11.2. The van der Waals surface area contributed by atoms with Crippen LogP contribution in [0.3, 0.4) is 0 Å². The summed E-state index contributed by atoms with van der Waals surface area (Å²) in [4.78, 5) is 26.1. The molecule has 1 aromatic carbocycles. The smallest absolute Gasteiger partial charge is 0.270 e. The first-order valence-corrected chi connectivity index (χ1v) is 6.08. The fraction of sp³-hybridized carbons (Fsp3) is 0.250. The number of rotatable bonds is 5. The van der Waals surface area contributed by atoms with Crippen molar-refractivity contribution in [3.8, 4) is 0 Å². The molecule has 0 saturated heterocycles. The number of anilines is 1. The molecule has 0 aliphatic rings. The number of nitrogen functional groups attached to an aromatic ring is 1. The van der Waals surface area contributed by atoms with Crippen molar-refractivity contribution in [2.24, 2.45) is 0 Å². The first-order chi connectivity index (χ1) is 9.97. The van der Waals surface area contributed by atoms with Gasteiger partial charge in [-0.3, -0.25) is 14.9 Å². The molecule has 0 bridgehead atoms. The standard InChI is InChI=1S/C12H13N5O4/c1-7-15-11(21-16-7)4-5-14-12(18)9-6-8(17(19)20)2-3-10(9)13/h2-3,6H,4-5,13H2,1H3,(H,14,18). The number of amides is 1. The van der Waals surface area contributed by atoms with E-state index in [2.05, 4.69) is 15.5 Å². The van der Waals surface area contributed by atoms with E-state index in [9.17, 15) is 14.9 Å². The van der Waals surface area contributed by atoms with Crippen LogP contribution in [-0.2, 0) is 6.42 Å². The van der Waals surface area contributed by atoms with E-state index in [1.165, 1.54) is 12.1 Å². The van der Waals surface area contributed by atoms with Gasteiger partial charge in [0.25, 0.3) is 11.6 Å². The highest BCUT2D eigenvalue weighted by molar-refractivity contribution is 5.99. The first-order valence-electron chi connectivity index (χ1n) is 6.08. The predicted octanol–water partition coefficient (Wildman–Crippen LogP) is 0.841. The molecule has 2 rings (SSSR count). The van der Waals surface area contributed by atoms with Gasteiger partial charge in [-0.05, 0) is 13.0 Å². The molecule has 21 heavy (non-hydrogen) atoms. The van der Waals surface area contributed by atoms with Crippen molar-refractivity contribution >= 4 is 17.3 Å². The molecular weight excluding hydrogens is 278 g/mol. The number of nitrogens with two attached hydrogens (primary N) is 1. The summed E-state index contributed by atoms with van der Waals surface area (Å²) in [5.74, 6) is 0.423. The molecule has 0 unspecified atom stereocenters. The van der Waals surface area contributed by atoms with Crippen molar-refractivity contribution in [3.05, 3.63) is 45.6 Å². The van der Waals surface area contributed by atoms with Gasteiger partial charge in [0.1, 0.15) is 0 Å². The molecule has 9 nitrogen and oxygen atoms in total. The van der Waals surface area contributed by atoms with Crippen LogP contribution in [0.4, 0.5) is 11.4 Å². The molecule has 2 aromatic rings. The summed E-state index contributed by atoms with van der Waals surface area (Å²) >= 11 is 0. The maximum atomic E-state index is 12.0. The molecule has 0 saturated carbocycles. The Morgan fingerprint density at radius 3 is 2.90 bits per heavy atom. The van der Waals surface area contributed by atoms with Crippen LogP contribution in [0.25, 0.3) is 0 Å². The molecular formula is C12H13N5O4. The lowest BCUT2D eigenvalue weighted by Gasteiger charge is -2.06. The van der Waals surface area contributed by atoms with Gasteiger partial charge in [0.15, 0.2) is 5.82 Å². The maximum absolute atomic E-state index is 12.0. The van der Waals surface area contributed by atoms with Gasteiger partial charge >= 0.3 is 0 Å². The second-order valence-electron chi connectivity index (χ2n) is 4.27. The van der Waals surface area contributed by atoms with Crippen LogP contribution < -0.4 is 11.1 Å². The zero-order valence-corrected chi connectivity index (χ0v) is 11.2. The Morgan fingerprint density at radius 2 is 2.29 bits per heavy atom. The monoisotopic (exact) mass is 291 g/mol. The van der Waals surface area contributed by atoms with E-state index in [0.717, 1.165) is 6.07 Å². The van der Waals surface area contributed by atoms with Gasteiger partial charge in [0, 0.05) is 30.8 Å². The highest BCUT2D eigenvalue weighted by Gasteiger charge is 2.15. The van der Waals surface area contributed by atoms with Crippen molar-refractivity contribution in [2.45, 2.75) is 13.3 Å². The Kier molecular flexibility index (Phi) is 4.12. The van der Waals surface area contributed by atoms with Crippen LogP contribution in [0.1, 0.15) is 22.1 Å². The number of aryl methyl sites for hydroxylation is 1. The third kappa shape index (κ3) is 3.53. The quantitative estimate of drug-likeness (QED) is 0.473. The first kappa shape index (κ1) is 14.4. The average Bonchev–Trinajstić information content (AvgIpc) is 2.84. The number of carbonyl (C=O) groups excluding carboxylic acids is 1. The second-order valence-corrected chi connectivity index (χ2v) is 4.27. The Balaban J connectivity index is 1.99. The number of benzene rings is 1. The average molecular weight is 291 g/mol. The fourth-order valence-corrected chi connectivity index (χ4v) is 1.67. The fourth-order valence-electron chi connectivity index (χ4n) is 1.67. The molecule has 110 valence electrons. The molecule has 1 amide bonds. The normalized spacial score (nSPS) is 10.3. The lowest BCUT2D eigenvalue weighted by atomic mass is 10.1. The van der Waals surface area contributed by atoms with Crippen LogP contribution in [-0.4, -0.2) is 27.5 Å². The van der Waals surface area contributed by atoms with Crippen LogP contribution in [0.2, 0.25) is 0 Å². The number of nitro benzene ring substituents is 1. The molecule has 3 N–H and O–H groups in total. The van der Waals surface area contributed by atoms with Crippen molar-refractivity contribution in [3.63, 3.8) is 0 Å². The number of hydrogen-bond acceptors (Lipinski definition) is 7. The molecule has 0 aliphatic heterocycles. The minimum Gasteiger partial charge on any atom is -0.398 e. The Hall–Kier alpha value is -2.97. The lowest BCUT2D eigenvalue weighted by molar-refractivity contribution is -0.384. The van der Waals surface area contributed by atoms with E-state index in [1.54, 1.807) is 6.92 Å². The van der Waals surface area contributed by atoms with Crippen LogP contribution in [0.15, 0.2) is 22.7 Å². The topological polar surface area (TPSA) is 137 Å². The number of aromatic nitrogens is 2. The van der Waals surface area contributed by atoms with Crippen molar-refractivity contribution < 1.29 is 14.2 Å². The molecule has 0 aliphatic carbocycles. The minimum absolute atomic E-state index is 0.0610. The zero-order chi connectivity index (χ0) is 15.4. The highest BCUT2D eigenvalue weighted by Crippen LogP contribution is 2.19. The molecule has 0 atom stereocenters. The summed E-state index contributed by atoms with van der Waals surface area (Å²) in [7, 11) is 0. The Morgan fingerprint density at radius 1 is 1.52 bits per heavy atom. The third-order valence-electron chi connectivity index (χ3n) is 2.69. The van der Waals surface area contributed by atoms with E-state index < -0.39 is 10.8 Å². The third-order valence-corrected chi connectivity index (χ3v) is 2.69. The number of nitrogens with one attached hydrogen (secondary N) is 1. The van der Waals surface area contributed by atoms with Crippen molar-refractivity contribution in [1.29, 1.82) is 0 Å². The van der Waals surface area contributed by atoms with Gasteiger partial charge < -0.3 is 15.6 Å². The molecule has 0 fully saturated rings. The Labute approximate surface area is 119 Å². The molecule has 0 radical (unpaired) electrons. The summed E-state index contributed by atoms with van der Waals surface area (Å²) in [5, 5.41) is 16.9. The van der Waals surface area contributed by atoms with Gasteiger partial charge in [0.05, 0.1) is 10.5 Å². The molecule has 9 heteroatoms. The van der Waals surface area contributed by atoms with E-state index in [-0.39, 0.29) is 23.5 Å². The van der Waals surface area contributed by atoms with Crippen LogP contribution in [0, 0.1) is 17.0 Å². The number of carbonyl (C=O) groups is 1. The van der Waals surface area contributed by atoms with Crippen molar-refractivity contribution in [2.75, 3.05) is 12.3 Å².